The Balaban J connectivity index is 2.04. The van der Waals surface area contributed by atoms with Crippen LogP contribution >= 0.6 is 0 Å². The van der Waals surface area contributed by atoms with Crippen molar-refractivity contribution in [2.24, 2.45) is 0 Å². The zero-order valence-electron chi connectivity index (χ0n) is 11.4. The van der Waals surface area contributed by atoms with Crippen LogP contribution in [0.15, 0.2) is 72.8 Å². The Bertz CT molecular complexity index is 1130. The highest BCUT2D eigenvalue weighted by atomic mass is 14.7. The smallest absolute Gasteiger partial charge is 0.0471 e. The Morgan fingerprint density at radius 2 is 1.24 bits per heavy atom. The highest BCUT2D eigenvalue weighted by Crippen LogP contribution is 2.32. The molecule has 1 heterocycles. The van der Waals surface area contributed by atoms with Gasteiger partial charge < -0.3 is 4.98 Å². The van der Waals surface area contributed by atoms with Gasteiger partial charge in [-0.25, -0.2) is 0 Å². The van der Waals surface area contributed by atoms with Gasteiger partial charge in [-0.2, -0.15) is 0 Å². The van der Waals surface area contributed by atoms with Crippen LogP contribution in [0, 0.1) is 0 Å². The van der Waals surface area contributed by atoms with Crippen molar-refractivity contribution in [1.29, 1.82) is 0 Å². The van der Waals surface area contributed by atoms with Crippen molar-refractivity contribution in [2.75, 3.05) is 0 Å². The van der Waals surface area contributed by atoms with Gasteiger partial charge in [0.05, 0.1) is 0 Å². The molecule has 21 heavy (non-hydrogen) atoms. The Kier molecular flexibility index (Phi) is 2.01. The zero-order valence-corrected chi connectivity index (χ0v) is 11.4. The molecule has 0 saturated heterocycles. The van der Waals surface area contributed by atoms with E-state index in [0.29, 0.717) is 0 Å². The van der Waals surface area contributed by atoms with Gasteiger partial charge in [-0.1, -0.05) is 54.6 Å². The van der Waals surface area contributed by atoms with E-state index in [9.17, 15) is 0 Å². The quantitative estimate of drug-likeness (QED) is 0.350. The second-order valence-electron chi connectivity index (χ2n) is 5.58. The lowest BCUT2D eigenvalue weighted by Crippen LogP contribution is -1.78. The monoisotopic (exact) mass is 267 g/mol. The second-order valence-corrected chi connectivity index (χ2v) is 5.58. The SMILES string of the molecule is c1ccc2c(c1)ccc1cc3c(cc12)[nH]c1ccccc13. The van der Waals surface area contributed by atoms with Gasteiger partial charge in [-0.15, -0.1) is 0 Å². The van der Waals surface area contributed by atoms with Crippen LogP contribution < -0.4 is 0 Å². The van der Waals surface area contributed by atoms with Crippen molar-refractivity contribution in [3.8, 4) is 0 Å². The molecular weight excluding hydrogens is 254 g/mol. The first-order chi connectivity index (χ1) is 10.4. The van der Waals surface area contributed by atoms with Crippen LogP contribution in [0.2, 0.25) is 0 Å². The summed E-state index contributed by atoms with van der Waals surface area (Å²) in [5.74, 6) is 0. The number of hydrogen-bond donors (Lipinski definition) is 1. The first kappa shape index (κ1) is 10.9. The maximum Gasteiger partial charge on any atom is 0.0471 e. The average Bonchev–Trinajstić information content (AvgIpc) is 2.90. The van der Waals surface area contributed by atoms with Gasteiger partial charge >= 0.3 is 0 Å². The molecule has 1 aromatic heterocycles. The minimum atomic E-state index is 1.20. The van der Waals surface area contributed by atoms with E-state index >= 15 is 0 Å². The molecule has 0 spiro atoms. The number of para-hydroxylation sites is 1. The molecule has 0 aliphatic carbocycles. The van der Waals surface area contributed by atoms with Crippen molar-refractivity contribution >= 4 is 43.4 Å². The van der Waals surface area contributed by atoms with Crippen LogP contribution in [0.5, 0.6) is 0 Å². The Labute approximate surface area is 121 Å². The standard InChI is InChI=1S/C20H13N/c1-2-6-15-13(5-1)9-10-14-11-18-16-7-3-4-8-19(16)21-20(18)12-17(14)15/h1-12,21H. The average molecular weight is 267 g/mol. The molecule has 0 atom stereocenters. The number of hydrogen-bond acceptors (Lipinski definition) is 0. The summed E-state index contributed by atoms with van der Waals surface area (Å²) in [4.78, 5) is 3.53. The van der Waals surface area contributed by atoms with Crippen molar-refractivity contribution in [3.05, 3.63) is 72.8 Å². The summed E-state index contributed by atoms with van der Waals surface area (Å²) in [7, 11) is 0. The zero-order chi connectivity index (χ0) is 13.8. The number of fused-ring (bicyclic) bond motifs is 6. The first-order valence-electron chi connectivity index (χ1n) is 7.22. The molecule has 1 nitrogen and oxygen atoms in total. The Morgan fingerprint density at radius 3 is 2.19 bits per heavy atom. The molecule has 4 aromatic carbocycles. The van der Waals surface area contributed by atoms with E-state index in [1.54, 1.807) is 0 Å². The third-order valence-electron chi connectivity index (χ3n) is 4.37. The number of aromatic amines is 1. The van der Waals surface area contributed by atoms with Gasteiger partial charge in [0.15, 0.2) is 0 Å². The fraction of sp³-hybridized carbons (Fsp3) is 0. The third kappa shape index (κ3) is 1.46. The lowest BCUT2D eigenvalue weighted by molar-refractivity contribution is 1.56. The molecule has 0 amide bonds. The maximum absolute atomic E-state index is 3.53. The van der Waals surface area contributed by atoms with Crippen LogP contribution in [0.4, 0.5) is 0 Å². The van der Waals surface area contributed by atoms with Crippen molar-refractivity contribution in [3.63, 3.8) is 0 Å². The topological polar surface area (TPSA) is 15.8 Å². The van der Waals surface area contributed by atoms with Gasteiger partial charge in [0.1, 0.15) is 0 Å². The van der Waals surface area contributed by atoms with E-state index in [1.807, 2.05) is 0 Å². The van der Waals surface area contributed by atoms with E-state index in [-0.39, 0.29) is 0 Å². The Morgan fingerprint density at radius 1 is 0.476 bits per heavy atom. The van der Waals surface area contributed by atoms with Crippen LogP contribution in [0.25, 0.3) is 43.4 Å². The molecule has 5 aromatic rings. The molecule has 0 bridgehead atoms. The summed E-state index contributed by atoms with van der Waals surface area (Å²) in [5.41, 5.74) is 2.41. The third-order valence-corrected chi connectivity index (χ3v) is 4.37. The minimum Gasteiger partial charge on any atom is -0.354 e. The van der Waals surface area contributed by atoms with Gasteiger partial charge in [0.25, 0.3) is 0 Å². The van der Waals surface area contributed by atoms with Gasteiger partial charge in [-0.05, 0) is 39.7 Å². The van der Waals surface area contributed by atoms with E-state index in [0.717, 1.165) is 0 Å². The normalized spacial score (nSPS) is 11.8. The molecule has 98 valence electrons. The van der Waals surface area contributed by atoms with E-state index in [2.05, 4.69) is 77.8 Å². The number of aromatic nitrogens is 1. The predicted molar refractivity (Wildman–Crippen MR) is 90.8 cm³/mol. The van der Waals surface area contributed by atoms with Crippen molar-refractivity contribution < 1.29 is 0 Å². The maximum atomic E-state index is 3.53. The number of nitrogens with one attached hydrogen (secondary N) is 1. The summed E-state index contributed by atoms with van der Waals surface area (Å²) in [6.45, 7) is 0. The fourth-order valence-corrected chi connectivity index (χ4v) is 3.35. The molecule has 0 aliphatic heterocycles. The van der Waals surface area contributed by atoms with Crippen LogP contribution in [0.1, 0.15) is 0 Å². The van der Waals surface area contributed by atoms with Crippen LogP contribution in [0.3, 0.4) is 0 Å². The molecule has 5 rings (SSSR count). The van der Waals surface area contributed by atoms with Crippen molar-refractivity contribution in [1.82, 2.24) is 4.98 Å². The van der Waals surface area contributed by atoms with Gasteiger partial charge in [0, 0.05) is 21.8 Å². The fourth-order valence-electron chi connectivity index (χ4n) is 3.35. The largest absolute Gasteiger partial charge is 0.354 e. The summed E-state index contributed by atoms with van der Waals surface area (Å²) >= 11 is 0. The first-order valence-corrected chi connectivity index (χ1v) is 7.22. The van der Waals surface area contributed by atoms with Crippen LogP contribution in [-0.4, -0.2) is 4.98 Å². The summed E-state index contributed by atoms with van der Waals surface area (Å²) in [5, 5.41) is 7.81. The molecule has 1 heteroatoms. The summed E-state index contributed by atoms with van der Waals surface area (Å²) in [6.07, 6.45) is 0. The molecule has 0 fully saturated rings. The molecule has 0 saturated carbocycles. The minimum absolute atomic E-state index is 1.20. The second kappa shape index (κ2) is 3.86. The molecule has 0 aliphatic rings. The summed E-state index contributed by atoms with van der Waals surface area (Å²) in [6, 6.07) is 26.1. The molecule has 0 radical (unpaired) electrons. The Hall–Kier alpha value is -2.80. The molecule has 1 N–H and O–H groups in total. The van der Waals surface area contributed by atoms with E-state index in [1.165, 1.54) is 43.4 Å². The predicted octanol–water partition coefficient (Wildman–Crippen LogP) is 5.63. The summed E-state index contributed by atoms with van der Waals surface area (Å²) < 4.78 is 0. The highest BCUT2D eigenvalue weighted by Gasteiger charge is 2.07. The highest BCUT2D eigenvalue weighted by molar-refractivity contribution is 6.17. The number of rotatable bonds is 0. The van der Waals surface area contributed by atoms with Gasteiger partial charge in [0.2, 0.25) is 0 Å². The molecular formula is C20H13N. The lowest BCUT2D eigenvalue weighted by Gasteiger charge is -2.04. The van der Waals surface area contributed by atoms with Gasteiger partial charge in [-0.3, -0.25) is 0 Å². The van der Waals surface area contributed by atoms with Crippen molar-refractivity contribution in [2.45, 2.75) is 0 Å². The van der Waals surface area contributed by atoms with E-state index in [4.69, 9.17) is 0 Å². The van der Waals surface area contributed by atoms with Crippen LogP contribution in [-0.2, 0) is 0 Å². The van der Waals surface area contributed by atoms with E-state index < -0.39 is 0 Å². The molecule has 0 unspecified atom stereocenters. The number of H-pyrrole nitrogens is 1. The lowest BCUT2D eigenvalue weighted by atomic mass is 10.00. The number of benzene rings is 4.